The second-order valence-electron chi connectivity index (χ2n) is 3.88. The molecule has 0 aromatic heterocycles. The van der Waals surface area contributed by atoms with Crippen molar-refractivity contribution in [1.29, 1.82) is 0 Å². The van der Waals surface area contributed by atoms with Crippen LogP contribution in [0, 0.1) is 12.7 Å². The van der Waals surface area contributed by atoms with Gasteiger partial charge < -0.3 is 9.64 Å². The van der Waals surface area contributed by atoms with Crippen molar-refractivity contribution in [2.75, 3.05) is 31.2 Å². The number of anilines is 1. The van der Waals surface area contributed by atoms with Crippen molar-refractivity contribution in [3.63, 3.8) is 0 Å². The minimum Gasteiger partial charge on any atom is -0.380 e. The van der Waals surface area contributed by atoms with Crippen molar-refractivity contribution in [1.82, 2.24) is 0 Å². The van der Waals surface area contributed by atoms with Crippen LogP contribution in [0.2, 0.25) is 0 Å². The fourth-order valence-electron chi connectivity index (χ4n) is 1.96. The lowest BCUT2D eigenvalue weighted by atomic mass is 10.1. The molecule has 1 aliphatic heterocycles. The third kappa shape index (κ3) is 2.48. The highest BCUT2D eigenvalue weighted by atomic mass is 19.1. The zero-order valence-corrected chi connectivity index (χ0v) is 9.00. The van der Waals surface area contributed by atoms with Crippen LogP contribution in [-0.2, 0) is 4.74 Å². The number of halogens is 1. The molecule has 3 heteroatoms. The molecule has 1 aromatic rings. The lowest BCUT2D eigenvalue weighted by molar-refractivity contribution is 0.152. The highest BCUT2D eigenvalue weighted by molar-refractivity contribution is 5.53. The quantitative estimate of drug-likeness (QED) is 0.704. The van der Waals surface area contributed by atoms with E-state index in [2.05, 4.69) is 4.90 Å². The largest absolute Gasteiger partial charge is 0.380 e. The normalized spacial score (nSPS) is 17.6. The first-order chi connectivity index (χ1) is 7.27. The maximum atomic E-state index is 13.0. The number of benzene rings is 1. The van der Waals surface area contributed by atoms with Gasteiger partial charge in [-0.3, -0.25) is 0 Å². The Balaban J connectivity index is 2.19. The molecule has 2 nitrogen and oxygen atoms in total. The van der Waals surface area contributed by atoms with Gasteiger partial charge in [0.2, 0.25) is 0 Å². The van der Waals surface area contributed by atoms with E-state index >= 15 is 0 Å². The van der Waals surface area contributed by atoms with E-state index in [4.69, 9.17) is 4.74 Å². The lowest BCUT2D eigenvalue weighted by Crippen LogP contribution is -2.26. The molecule has 0 atom stereocenters. The summed E-state index contributed by atoms with van der Waals surface area (Å²) < 4.78 is 18.3. The van der Waals surface area contributed by atoms with Gasteiger partial charge >= 0.3 is 0 Å². The molecule has 0 bridgehead atoms. The first kappa shape index (κ1) is 10.4. The Bertz CT molecular complexity index is 332. The number of hydrogen-bond acceptors (Lipinski definition) is 2. The molecule has 1 aliphatic rings. The van der Waals surface area contributed by atoms with E-state index in [9.17, 15) is 4.39 Å². The Hall–Kier alpha value is -1.09. The summed E-state index contributed by atoms with van der Waals surface area (Å²) in [7, 11) is 0. The molecule has 2 rings (SSSR count). The van der Waals surface area contributed by atoms with Crippen molar-refractivity contribution < 1.29 is 9.13 Å². The van der Waals surface area contributed by atoms with Crippen LogP contribution in [0.4, 0.5) is 10.1 Å². The molecule has 0 N–H and O–H groups in total. The Morgan fingerprint density at radius 3 is 2.93 bits per heavy atom. The van der Waals surface area contributed by atoms with Crippen LogP contribution < -0.4 is 4.90 Å². The summed E-state index contributed by atoms with van der Waals surface area (Å²) >= 11 is 0. The first-order valence-corrected chi connectivity index (χ1v) is 5.36. The van der Waals surface area contributed by atoms with Crippen LogP contribution in [0.15, 0.2) is 18.2 Å². The van der Waals surface area contributed by atoms with Crippen LogP contribution in [0.5, 0.6) is 0 Å². The van der Waals surface area contributed by atoms with Crippen LogP contribution in [0.3, 0.4) is 0 Å². The number of nitrogens with zero attached hydrogens (tertiary/aromatic N) is 1. The van der Waals surface area contributed by atoms with Crippen molar-refractivity contribution in [2.24, 2.45) is 0 Å². The van der Waals surface area contributed by atoms with E-state index in [1.807, 2.05) is 13.0 Å². The minimum atomic E-state index is -0.165. The number of hydrogen-bond donors (Lipinski definition) is 0. The standard InChI is InChI=1S/C12H16FNO/c1-10-9-11(13)3-4-12(10)14-5-2-7-15-8-6-14/h3-4,9H,2,5-8H2,1H3. The number of rotatable bonds is 1. The molecule has 0 unspecified atom stereocenters. The molecule has 1 fully saturated rings. The third-order valence-electron chi connectivity index (χ3n) is 2.72. The molecule has 1 aromatic carbocycles. The minimum absolute atomic E-state index is 0.165. The Morgan fingerprint density at radius 1 is 1.27 bits per heavy atom. The Kier molecular flexibility index (Phi) is 3.21. The summed E-state index contributed by atoms with van der Waals surface area (Å²) in [5.74, 6) is -0.165. The van der Waals surface area contributed by atoms with E-state index in [0.717, 1.165) is 44.0 Å². The molecule has 0 saturated carbocycles. The first-order valence-electron chi connectivity index (χ1n) is 5.36. The summed E-state index contributed by atoms with van der Waals surface area (Å²) in [4.78, 5) is 2.27. The molecule has 0 amide bonds. The SMILES string of the molecule is Cc1cc(F)ccc1N1CCCOCC1. The smallest absolute Gasteiger partial charge is 0.123 e. The van der Waals surface area contributed by atoms with Crippen molar-refractivity contribution in [3.05, 3.63) is 29.6 Å². The maximum Gasteiger partial charge on any atom is 0.123 e. The molecule has 0 aliphatic carbocycles. The summed E-state index contributed by atoms with van der Waals surface area (Å²) in [6.07, 6.45) is 1.04. The van der Waals surface area contributed by atoms with Gasteiger partial charge in [0.15, 0.2) is 0 Å². The fraction of sp³-hybridized carbons (Fsp3) is 0.500. The van der Waals surface area contributed by atoms with E-state index in [-0.39, 0.29) is 5.82 Å². The molecular weight excluding hydrogens is 193 g/mol. The molecular formula is C12H16FNO. The van der Waals surface area contributed by atoms with Gasteiger partial charge in [-0.05, 0) is 37.1 Å². The van der Waals surface area contributed by atoms with E-state index < -0.39 is 0 Å². The molecule has 0 spiro atoms. The Labute approximate surface area is 89.7 Å². The molecule has 82 valence electrons. The summed E-state index contributed by atoms with van der Waals surface area (Å²) in [6, 6.07) is 4.96. The van der Waals surface area contributed by atoms with Gasteiger partial charge in [0.25, 0.3) is 0 Å². The summed E-state index contributed by atoms with van der Waals surface area (Å²) in [5.41, 5.74) is 2.12. The Morgan fingerprint density at radius 2 is 2.13 bits per heavy atom. The molecule has 15 heavy (non-hydrogen) atoms. The second kappa shape index (κ2) is 4.62. The molecule has 0 radical (unpaired) electrons. The van der Waals surface area contributed by atoms with Gasteiger partial charge in [-0.25, -0.2) is 4.39 Å². The zero-order valence-electron chi connectivity index (χ0n) is 9.00. The predicted molar refractivity (Wildman–Crippen MR) is 58.8 cm³/mol. The van der Waals surface area contributed by atoms with Crippen LogP contribution in [0.25, 0.3) is 0 Å². The van der Waals surface area contributed by atoms with Gasteiger partial charge in [0.05, 0.1) is 6.61 Å². The average Bonchev–Trinajstić information content (AvgIpc) is 2.46. The van der Waals surface area contributed by atoms with Gasteiger partial charge in [0.1, 0.15) is 5.82 Å². The van der Waals surface area contributed by atoms with Gasteiger partial charge in [-0.1, -0.05) is 0 Å². The van der Waals surface area contributed by atoms with Crippen molar-refractivity contribution in [2.45, 2.75) is 13.3 Å². The monoisotopic (exact) mass is 209 g/mol. The number of aryl methyl sites for hydroxylation is 1. The third-order valence-corrected chi connectivity index (χ3v) is 2.72. The highest BCUT2D eigenvalue weighted by Gasteiger charge is 2.12. The van der Waals surface area contributed by atoms with Gasteiger partial charge in [-0.2, -0.15) is 0 Å². The van der Waals surface area contributed by atoms with Crippen LogP contribution >= 0.6 is 0 Å². The van der Waals surface area contributed by atoms with E-state index in [1.54, 1.807) is 6.07 Å². The lowest BCUT2D eigenvalue weighted by Gasteiger charge is -2.23. The zero-order chi connectivity index (χ0) is 10.7. The van der Waals surface area contributed by atoms with E-state index in [0.29, 0.717) is 0 Å². The van der Waals surface area contributed by atoms with Crippen LogP contribution in [0.1, 0.15) is 12.0 Å². The predicted octanol–water partition coefficient (Wildman–Crippen LogP) is 2.36. The van der Waals surface area contributed by atoms with Crippen LogP contribution in [-0.4, -0.2) is 26.3 Å². The van der Waals surface area contributed by atoms with E-state index in [1.165, 1.54) is 6.07 Å². The average molecular weight is 209 g/mol. The summed E-state index contributed by atoms with van der Waals surface area (Å²) in [6.45, 7) is 5.43. The molecule has 1 heterocycles. The van der Waals surface area contributed by atoms with Crippen molar-refractivity contribution in [3.8, 4) is 0 Å². The maximum absolute atomic E-state index is 13.0. The second-order valence-corrected chi connectivity index (χ2v) is 3.88. The molecule has 1 saturated heterocycles. The highest BCUT2D eigenvalue weighted by Crippen LogP contribution is 2.21. The van der Waals surface area contributed by atoms with Gasteiger partial charge in [0, 0.05) is 25.4 Å². The number of ether oxygens (including phenoxy) is 1. The van der Waals surface area contributed by atoms with Crippen molar-refractivity contribution >= 4 is 5.69 Å². The van der Waals surface area contributed by atoms with Gasteiger partial charge in [-0.15, -0.1) is 0 Å². The fourth-order valence-corrected chi connectivity index (χ4v) is 1.96. The topological polar surface area (TPSA) is 12.5 Å². The summed E-state index contributed by atoms with van der Waals surface area (Å²) in [5, 5.41) is 0.